The third-order valence-electron chi connectivity index (χ3n) is 2.38. The molecule has 3 rings (SSSR count). The lowest BCUT2D eigenvalue weighted by atomic mass is 10.2. The lowest BCUT2D eigenvalue weighted by Gasteiger charge is -1.94. The van der Waals surface area contributed by atoms with Gasteiger partial charge in [-0.1, -0.05) is 0 Å². The van der Waals surface area contributed by atoms with E-state index in [4.69, 9.17) is 0 Å². The highest BCUT2D eigenvalue weighted by atomic mass is 32.1. The molecule has 0 radical (unpaired) electrons. The van der Waals surface area contributed by atoms with Crippen LogP contribution in [0.5, 0.6) is 0 Å². The second-order valence-electron chi connectivity index (χ2n) is 3.24. The predicted octanol–water partition coefficient (Wildman–Crippen LogP) is 3.15. The van der Waals surface area contributed by atoms with Crippen LogP contribution in [0.2, 0.25) is 0 Å². The van der Waals surface area contributed by atoms with Crippen LogP contribution in [-0.4, -0.2) is 9.97 Å². The van der Waals surface area contributed by atoms with E-state index in [-0.39, 0.29) is 0 Å². The van der Waals surface area contributed by atoms with Crippen molar-refractivity contribution in [1.29, 1.82) is 0 Å². The second-order valence-corrected chi connectivity index (χ2v) is 4.33. The first-order valence-corrected chi connectivity index (χ1v) is 5.26. The summed E-state index contributed by atoms with van der Waals surface area (Å²) in [6.07, 6.45) is 5.61. The van der Waals surface area contributed by atoms with Gasteiger partial charge in [-0.25, -0.2) is 0 Å². The molecule has 3 heteroatoms. The Kier molecular flexibility index (Phi) is 1.55. The zero-order valence-electron chi connectivity index (χ0n) is 7.69. The summed E-state index contributed by atoms with van der Waals surface area (Å²) in [4.78, 5) is 8.44. The number of rotatable bonds is 0. The van der Waals surface area contributed by atoms with Crippen LogP contribution >= 0.6 is 11.3 Å². The second kappa shape index (κ2) is 2.75. The van der Waals surface area contributed by atoms with E-state index >= 15 is 0 Å². The monoisotopic (exact) mass is 200 g/mol. The molecule has 0 bridgehead atoms. The smallest absolute Gasteiger partial charge is 0.0539 e. The molecule has 0 N–H and O–H groups in total. The van der Waals surface area contributed by atoms with Gasteiger partial charge in [0.25, 0.3) is 0 Å². The van der Waals surface area contributed by atoms with E-state index in [0.717, 1.165) is 5.69 Å². The summed E-state index contributed by atoms with van der Waals surface area (Å²) in [6, 6.07) is 4.12. The van der Waals surface area contributed by atoms with Crippen molar-refractivity contribution in [3.63, 3.8) is 0 Å². The maximum atomic E-state index is 4.32. The summed E-state index contributed by atoms with van der Waals surface area (Å²) in [6.45, 7) is 2.05. The Morgan fingerprint density at radius 2 is 2.07 bits per heavy atom. The number of fused-ring (bicyclic) bond motifs is 3. The van der Waals surface area contributed by atoms with Crippen molar-refractivity contribution in [3.05, 3.63) is 36.4 Å². The fraction of sp³-hybridized carbons (Fsp3) is 0.0909. The number of pyridine rings is 2. The van der Waals surface area contributed by atoms with Gasteiger partial charge in [0.2, 0.25) is 0 Å². The van der Waals surface area contributed by atoms with Crippen LogP contribution in [0.1, 0.15) is 5.69 Å². The molecule has 0 saturated heterocycles. The van der Waals surface area contributed by atoms with E-state index in [2.05, 4.69) is 29.0 Å². The van der Waals surface area contributed by atoms with Gasteiger partial charge < -0.3 is 0 Å². The number of hydrogen-bond acceptors (Lipinski definition) is 3. The molecule has 0 aliphatic heterocycles. The SMILES string of the molecule is Cc1nccc2sc3cnccc3c12. The molecule has 3 aromatic heterocycles. The third-order valence-corrected chi connectivity index (χ3v) is 3.48. The van der Waals surface area contributed by atoms with Gasteiger partial charge in [-0.05, 0) is 19.1 Å². The normalized spacial score (nSPS) is 11.2. The molecule has 0 aliphatic rings. The molecular formula is C11H8N2S. The topological polar surface area (TPSA) is 25.8 Å². The van der Waals surface area contributed by atoms with Gasteiger partial charge in [-0.15, -0.1) is 11.3 Å². The number of nitrogens with zero attached hydrogens (tertiary/aromatic N) is 2. The standard InChI is InChI=1S/C11H8N2S/c1-7-11-8-2-4-12-6-10(8)14-9(11)3-5-13-7/h2-6H,1H3. The lowest BCUT2D eigenvalue weighted by molar-refractivity contribution is 1.24. The van der Waals surface area contributed by atoms with Gasteiger partial charge in [0.15, 0.2) is 0 Å². The summed E-state index contributed by atoms with van der Waals surface area (Å²) in [5, 5.41) is 2.54. The van der Waals surface area contributed by atoms with Gasteiger partial charge >= 0.3 is 0 Å². The molecule has 0 spiro atoms. The Morgan fingerprint density at radius 1 is 1.14 bits per heavy atom. The van der Waals surface area contributed by atoms with E-state index in [0.29, 0.717) is 0 Å². The summed E-state index contributed by atoms with van der Waals surface area (Å²) in [5.41, 5.74) is 1.10. The van der Waals surface area contributed by atoms with Crippen LogP contribution in [-0.2, 0) is 0 Å². The van der Waals surface area contributed by atoms with E-state index in [1.54, 1.807) is 11.3 Å². The summed E-state index contributed by atoms with van der Waals surface area (Å²) < 4.78 is 2.53. The van der Waals surface area contributed by atoms with Crippen LogP contribution in [0.15, 0.2) is 30.7 Å². The van der Waals surface area contributed by atoms with Crippen molar-refractivity contribution in [2.45, 2.75) is 6.92 Å². The van der Waals surface area contributed by atoms with Crippen molar-refractivity contribution in [3.8, 4) is 0 Å². The van der Waals surface area contributed by atoms with Crippen molar-refractivity contribution in [1.82, 2.24) is 9.97 Å². The Bertz CT molecular complexity index is 613. The summed E-state index contributed by atoms with van der Waals surface area (Å²) in [7, 11) is 0. The minimum atomic E-state index is 1.10. The minimum absolute atomic E-state index is 1.10. The summed E-state index contributed by atoms with van der Waals surface area (Å²) in [5.74, 6) is 0. The first kappa shape index (κ1) is 7.88. The van der Waals surface area contributed by atoms with Gasteiger partial charge in [-0.2, -0.15) is 0 Å². The minimum Gasteiger partial charge on any atom is -0.263 e. The average Bonchev–Trinajstić information content (AvgIpc) is 2.57. The first-order valence-electron chi connectivity index (χ1n) is 4.44. The molecule has 0 unspecified atom stereocenters. The average molecular weight is 200 g/mol. The third kappa shape index (κ3) is 0.960. The van der Waals surface area contributed by atoms with Crippen molar-refractivity contribution >= 4 is 31.5 Å². The van der Waals surface area contributed by atoms with E-state index < -0.39 is 0 Å². The highest BCUT2D eigenvalue weighted by Gasteiger charge is 2.06. The zero-order valence-corrected chi connectivity index (χ0v) is 8.51. The fourth-order valence-corrected chi connectivity index (χ4v) is 2.86. The Morgan fingerprint density at radius 3 is 3.00 bits per heavy atom. The lowest BCUT2D eigenvalue weighted by Crippen LogP contribution is -1.79. The summed E-state index contributed by atoms with van der Waals surface area (Å²) >= 11 is 1.77. The Balaban J connectivity index is 2.65. The Labute approximate surface area is 85.2 Å². The quantitative estimate of drug-likeness (QED) is 0.557. The molecule has 0 aliphatic carbocycles. The van der Waals surface area contributed by atoms with Crippen molar-refractivity contribution < 1.29 is 0 Å². The number of aryl methyl sites for hydroxylation is 1. The largest absolute Gasteiger partial charge is 0.263 e. The Hall–Kier alpha value is -1.48. The van der Waals surface area contributed by atoms with Gasteiger partial charge in [0, 0.05) is 39.8 Å². The first-order chi connectivity index (χ1) is 6.86. The van der Waals surface area contributed by atoms with Crippen LogP contribution in [0, 0.1) is 6.92 Å². The van der Waals surface area contributed by atoms with Gasteiger partial charge in [0.05, 0.1) is 4.70 Å². The number of aromatic nitrogens is 2. The molecule has 14 heavy (non-hydrogen) atoms. The molecule has 3 aromatic rings. The molecule has 0 atom stereocenters. The highest BCUT2D eigenvalue weighted by Crippen LogP contribution is 2.33. The predicted molar refractivity (Wildman–Crippen MR) is 59.7 cm³/mol. The number of hydrogen-bond donors (Lipinski definition) is 0. The molecule has 2 nitrogen and oxygen atoms in total. The van der Waals surface area contributed by atoms with E-state index in [1.165, 1.54) is 20.2 Å². The van der Waals surface area contributed by atoms with Gasteiger partial charge in [-0.3, -0.25) is 9.97 Å². The molecule has 0 aromatic carbocycles. The van der Waals surface area contributed by atoms with E-state index in [9.17, 15) is 0 Å². The molecule has 68 valence electrons. The number of thiophene rings is 1. The maximum absolute atomic E-state index is 4.32. The van der Waals surface area contributed by atoms with Gasteiger partial charge in [0.1, 0.15) is 0 Å². The van der Waals surface area contributed by atoms with Crippen molar-refractivity contribution in [2.75, 3.05) is 0 Å². The molecule has 3 heterocycles. The maximum Gasteiger partial charge on any atom is 0.0539 e. The highest BCUT2D eigenvalue weighted by molar-refractivity contribution is 7.25. The van der Waals surface area contributed by atoms with E-state index in [1.807, 2.05) is 18.6 Å². The fourth-order valence-electron chi connectivity index (χ4n) is 1.74. The molecule has 0 saturated carbocycles. The molecular weight excluding hydrogens is 192 g/mol. The van der Waals surface area contributed by atoms with Crippen LogP contribution in [0.4, 0.5) is 0 Å². The van der Waals surface area contributed by atoms with Crippen LogP contribution < -0.4 is 0 Å². The molecule has 0 fully saturated rings. The molecule has 0 amide bonds. The van der Waals surface area contributed by atoms with Crippen LogP contribution in [0.3, 0.4) is 0 Å². The zero-order chi connectivity index (χ0) is 9.54. The van der Waals surface area contributed by atoms with Crippen LogP contribution in [0.25, 0.3) is 20.2 Å². The van der Waals surface area contributed by atoms with Crippen molar-refractivity contribution in [2.24, 2.45) is 0 Å².